The van der Waals surface area contributed by atoms with Gasteiger partial charge in [0.25, 0.3) is 0 Å². The van der Waals surface area contributed by atoms with E-state index in [0.29, 0.717) is 18.8 Å². The monoisotopic (exact) mass is 421 g/mol. The van der Waals surface area contributed by atoms with Crippen LogP contribution in [0.25, 0.3) is 0 Å². The van der Waals surface area contributed by atoms with Gasteiger partial charge in [-0.15, -0.1) is 12.4 Å². The second-order valence-corrected chi connectivity index (χ2v) is 9.01. The molecule has 2 N–H and O–H groups in total. The van der Waals surface area contributed by atoms with Gasteiger partial charge in [0.2, 0.25) is 15.9 Å². The molecule has 0 saturated carbocycles. The lowest BCUT2D eigenvalue weighted by molar-refractivity contribution is -0.132. The lowest BCUT2D eigenvalue weighted by atomic mass is 9.91. The van der Waals surface area contributed by atoms with Crippen molar-refractivity contribution in [2.75, 3.05) is 26.7 Å². The van der Waals surface area contributed by atoms with Crippen molar-refractivity contribution in [2.24, 2.45) is 11.7 Å². The fraction of sp³-hybridized carbons (Fsp3) is 0.611. The molecule has 9 heteroatoms. The number of carbonyl (C=O) groups is 1. The Bertz CT molecular complexity index is 705. The number of amides is 1. The van der Waals surface area contributed by atoms with Gasteiger partial charge in [-0.2, -0.15) is 0 Å². The number of nitrogens with zero attached hydrogens (tertiary/aromatic N) is 2. The van der Waals surface area contributed by atoms with Gasteiger partial charge in [0.15, 0.2) is 0 Å². The molecule has 27 heavy (non-hydrogen) atoms. The van der Waals surface area contributed by atoms with Crippen LogP contribution in [0.15, 0.2) is 29.2 Å². The first-order valence-electron chi connectivity index (χ1n) is 8.97. The van der Waals surface area contributed by atoms with Gasteiger partial charge >= 0.3 is 0 Å². The van der Waals surface area contributed by atoms with Crippen molar-refractivity contribution in [1.82, 2.24) is 9.21 Å². The Hall–Kier alpha value is -1.22. The third-order valence-electron chi connectivity index (χ3n) is 5.02. The summed E-state index contributed by atoms with van der Waals surface area (Å²) in [5, 5.41) is 0. The Morgan fingerprint density at radius 3 is 2.37 bits per heavy atom. The zero-order valence-electron chi connectivity index (χ0n) is 15.8. The Labute approximate surface area is 167 Å². The van der Waals surface area contributed by atoms with Crippen LogP contribution in [0.2, 0.25) is 0 Å². The predicted octanol–water partition coefficient (Wildman–Crippen LogP) is 2.23. The van der Waals surface area contributed by atoms with Crippen molar-refractivity contribution in [1.29, 1.82) is 0 Å². The van der Waals surface area contributed by atoms with Crippen molar-refractivity contribution < 1.29 is 17.6 Å². The van der Waals surface area contributed by atoms with E-state index in [1.54, 1.807) is 0 Å². The maximum atomic E-state index is 13.0. The number of likely N-dealkylation sites (tertiary alicyclic amines) is 1. The molecule has 1 aliphatic rings. The summed E-state index contributed by atoms with van der Waals surface area (Å²) >= 11 is 0. The fourth-order valence-corrected chi connectivity index (χ4v) is 4.40. The zero-order valence-corrected chi connectivity index (χ0v) is 17.4. The molecule has 0 bridgehead atoms. The molecule has 1 saturated heterocycles. The second-order valence-electron chi connectivity index (χ2n) is 6.96. The van der Waals surface area contributed by atoms with Crippen molar-refractivity contribution in [3.63, 3.8) is 0 Å². The topological polar surface area (TPSA) is 83.7 Å². The summed E-state index contributed by atoms with van der Waals surface area (Å²) in [6, 6.07) is 4.88. The molecule has 6 nitrogen and oxygen atoms in total. The molecule has 1 aromatic rings. The van der Waals surface area contributed by atoms with E-state index in [1.807, 2.05) is 11.8 Å². The standard InChI is InChI=1S/C18H28FN3O3S.ClH/c1-14(20)15-9-12-22(13-10-15)18(23)4-3-11-21(2)26(24,25)17-7-5-16(19)6-8-17;/h5-8,14-15H,3-4,9-13,20H2,1-2H3;1H. The van der Waals surface area contributed by atoms with Crippen LogP contribution >= 0.6 is 12.4 Å². The molecule has 2 rings (SSSR count). The zero-order chi connectivity index (χ0) is 19.3. The van der Waals surface area contributed by atoms with Gasteiger partial charge in [0, 0.05) is 39.1 Å². The first-order chi connectivity index (χ1) is 12.2. The number of rotatable bonds is 7. The van der Waals surface area contributed by atoms with E-state index in [-0.39, 0.29) is 35.8 Å². The van der Waals surface area contributed by atoms with Crippen molar-refractivity contribution in [3.8, 4) is 0 Å². The highest BCUT2D eigenvalue weighted by molar-refractivity contribution is 7.89. The number of hydrogen-bond acceptors (Lipinski definition) is 4. The van der Waals surface area contributed by atoms with E-state index in [4.69, 9.17) is 5.73 Å². The number of benzene rings is 1. The summed E-state index contributed by atoms with van der Waals surface area (Å²) in [6.45, 7) is 3.67. The highest BCUT2D eigenvalue weighted by Gasteiger charge is 2.25. The molecule has 0 aromatic heterocycles. The largest absolute Gasteiger partial charge is 0.343 e. The third kappa shape index (κ3) is 6.41. The molecular weight excluding hydrogens is 393 g/mol. The summed E-state index contributed by atoms with van der Waals surface area (Å²) < 4.78 is 39.0. The Morgan fingerprint density at radius 2 is 1.85 bits per heavy atom. The van der Waals surface area contributed by atoms with Gasteiger partial charge in [-0.1, -0.05) is 0 Å². The van der Waals surface area contributed by atoms with Gasteiger partial charge < -0.3 is 10.6 Å². The number of nitrogens with two attached hydrogens (primary N) is 1. The van der Waals surface area contributed by atoms with Crippen molar-refractivity contribution in [3.05, 3.63) is 30.1 Å². The average molecular weight is 422 g/mol. The van der Waals surface area contributed by atoms with Gasteiger partial charge in [-0.05, 0) is 56.4 Å². The summed E-state index contributed by atoms with van der Waals surface area (Å²) in [5.41, 5.74) is 5.91. The van der Waals surface area contributed by atoms with Crippen LogP contribution in [0.1, 0.15) is 32.6 Å². The van der Waals surface area contributed by atoms with E-state index >= 15 is 0 Å². The number of carbonyl (C=O) groups excluding carboxylic acids is 1. The molecule has 1 aliphatic heterocycles. The molecule has 1 heterocycles. The molecule has 1 unspecified atom stereocenters. The maximum absolute atomic E-state index is 13.0. The first-order valence-corrected chi connectivity index (χ1v) is 10.4. The molecule has 1 atom stereocenters. The van der Waals surface area contributed by atoms with Crippen LogP contribution in [-0.2, 0) is 14.8 Å². The third-order valence-corrected chi connectivity index (χ3v) is 6.89. The predicted molar refractivity (Wildman–Crippen MR) is 106 cm³/mol. The molecule has 154 valence electrons. The van der Waals surface area contributed by atoms with E-state index < -0.39 is 15.8 Å². The normalized spacial score (nSPS) is 16.9. The van der Waals surface area contributed by atoms with Gasteiger partial charge in [0.1, 0.15) is 5.82 Å². The minimum absolute atomic E-state index is 0. The summed E-state index contributed by atoms with van der Waals surface area (Å²) in [6.07, 6.45) is 2.60. The van der Waals surface area contributed by atoms with Crippen molar-refractivity contribution >= 4 is 28.3 Å². The van der Waals surface area contributed by atoms with E-state index in [1.165, 1.54) is 23.5 Å². The molecule has 1 fully saturated rings. The quantitative estimate of drug-likeness (QED) is 0.731. The molecule has 0 spiro atoms. The summed E-state index contributed by atoms with van der Waals surface area (Å²) in [7, 11) is -2.20. The van der Waals surface area contributed by atoms with Gasteiger partial charge in [-0.3, -0.25) is 4.79 Å². The SMILES string of the molecule is CC(N)C1CCN(C(=O)CCCN(C)S(=O)(=O)c2ccc(F)cc2)CC1.Cl. The maximum Gasteiger partial charge on any atom is 0.242 e. The number of halogens is 2. The average Bonchev–Trinajstić information content (AvgIpc) is 2.61. The Morgan fingerprint density at radius 1 is 1.30 bits per heavy atom. The molecular formula is C18H29ClFN3O3S. The van der Waals surface area contributed by atoms with Crippen LogP contribution in [0.3, 0.4) is 0 Å². The van der Waals surface area contributed by atoms with Crippen molar-refractivity contribution in [2.45, 2.75) is 43.5 Å². The number of sulfonamides is 1. The number of hydrogen-bond donors (Lipinski definition) is 1. The Kier molecular flexibility index (Phi) is 9.14. The molecule has 1 aromatic carbocycles. The summed E-state index contributed by atoms with van der Waals surface area (Å²) in [4.78, 5) is 14.2. The van der Waals surface area contributed by atoms with E-state index in [0.717, 1.165) is 38.1 Å². The van der Waals surface area contributed by atoms with Crippen LogP contribution in [0.4, 0.5) is 4.39 Å². The van der Waals surface area contributed by atoms with Crippen LogP contribution in [0.5, 0.6) is 0 Å². The van der Waals surface area contributed by atoms with Crippen LogP contribution in [0, 0.1) is 11.7 Å². The van der Waals surface area contributed by atoms with Crippen LogP contribution in [-0.4, -0.2) is 56.3 Å². The van der Waals surface area contributed by atoms with Gasteiger partial charge in [0.05, 0.1) is 4.90 Å². The highest BCUT2D eigenvalue weighted by atomic mass is 35.5. The summed E-state index contributed by atoms with van der Waals surface area (Å²) in [5.74, 6) is 0.0386. The minimum atomic E-state index is -3.67. The number of piperidine rings is 1. The molecule has 1 amide bonds. The lowest BCUT2D eigenvalue weighted by Gasteiger charge is -2.33. The lowest BCUT2D eigenvalue weighted by Crippen LogP contribution is -2.42. The van der Waals surface area contributed by atoms with E-state index in [2.05, 4.69) is 0 Å². The van der Waals surface area contributed by atoms with Crippen LogP contribution < -0.4 is 5.73 Å². The van der Waals surface area contributed by atoms with Gasteiger partial charge in [-0.25, -0.2) is 17.1 Å². The molecule has 0 radical (unpaired) electrons. The minimum Gasteiger partial charge on any atom is -0.343 e. The first kappa shape index (κ1) is 23.8. The smallest absolute Gasteiger partial charge is 0.242 e. The fourth-order valence-electron chi connectivity index (χ4n) is 3.19. The van der Waals surface area contributed by atoms with E-state index in [9.17, 15) is 17.6 Å². The highest BCUT2D eigenvalue weighted by Crippen LogP contribution is 2.20. The second kappa shape index (κ2) is 10.4. The molecule has 0 aliphatic carbocycles. The Balaban J connectivity index is 0.00000364.